The van der Waals surface area contributed by atoms with Crippen LogP contribution in [0.15, 0.2) is 53.4 Å². The normalized spacial score (nSPS) is 18.8. The largest absolute Gasteiger partial charge is 0.125 e. The van der Waals surface area contributed by atoms with E-state index < -0.39 is 0 Å². The fourth-order valence-electron chi connectivity index (χ4n) is 2.82. The van der Waals surface area contributed by atoms with Crippen molar-refractivity contribution in [2.45, 2.75) is 23.2 Å². The topological polar surface area (TPSA) is 0 Å². The third kappa shape index (κ3) is 3.08. The maximum Gasteiger partial charge on any atom is 0.0408 e. The number of fused-ring (bicyclic) bond motifs is 1. The van der Waals surface area contributed by atoms with Crippen molar-refractivity contribution in [3.05, 3.63) is 64.7 Å². The van der Waals surface area contributed by atoms with Crippen molar-refractivity contribution in [1.29, 1.82) is 0 Å². The van der Waals surface area contributed by atoms with E-state index >= 15 is 0 Å². The summed E-state index contributed by atoms with van der Waals surface area (Å²) in [6.07, 6.45) is 1.18. The molecule has 2 aromatic carbocycles. The summed E-state index contributed by atoms with van der Waals surface area (Å²) in [5, 5.41) is 1.81. The van der Waals surface area contributed by atoms with E-state index in [-0.39, 0.29) is 0 Å². The summed E-state index contributed by atoms with van der Waals surface area (Å²) in [4.78, 5) is 1.46. The van der Waals surface area contributed by atoms with E-state index in [1.807, 2.05) is 23.9 Å². The van der Waals surface area contributed by atoms with Crippen LogP contribution < -0.4 is 0 Å². The summed E-state index contributed by atoms with van der Waals surface area (Å²) in [7, 11) is 0. The van der Waals surface area contributed by atoms with Crippen molar-refractivity contribution in [3.8, 4) is 0 Å². The lowest BCUT2D eigenvalue weighted by molar-refractivity contribution is 0.608. The summed E-state index contributed by atoms with van der Waals surface area (Å²) in [5.41, 5.74) is 2.86. The molecule has 0 amide bonds. The molecule has 1 aliphatic heterocycles. The van der Waals surface area contributed by atoms with Crippen molar-refractivity contribution in [1.82, 2.24) is 0 Å². The lowest BCUT2D eigenvalue weighted by atomic mass is 9.87. The van der Waals surface area contributed by atoms with E-state index in [9.17, 15) is 0 Å². The molecule has 0 saturated carbocycles. The molecule has 0 nitrogen and oxygen atoms in total. The Hall–Kier alpha value is -0.440. The van der Waals surface area contributed by atoms with Crippen LogP contribution in [-0.4, -0.2) is 11.1 Å². The molecule has 3 rings (SSSR count). The van der Waals surface area contributed by atoms with Crippen LogP contribution in [0, 0.1) is 0 Å². The first kappa shape index (κ1) is 14.5. The molecule has 2 aromatic rings. The first-order chi connectivity index (χ1) is 9.78. The standard InChI is InChI=1S/C17H16BrClS/c18-10-13(12-4-3-5-15(19)9-12)8-14-11-20-17-7-2-1-6-16(14)17/h1-7,9,13-14H,8,10-11H2. The molecule has 2 atom stereocenters. The van der Waals surface area contributed by atoms with Gasteiger partial charge in [0.1, 0.15) is 0 Å². The van der Waals surface area contributed by atoms with E-state index in [0.29, 0.717) is 11.8 Å². The van der Waals surface area contributed by atoms with Gasteiger partial charge in [-0.25, -0.2) is 0 Å². The zero-order chi connectivity index (χ0) is 13.9. The second-order valence-electron chi connectivity index (χ2n) is 5.19. The molecule has 1 heterocycles. The van der Waals surface area contributed by atoms with Crippen LogP contribution in [0.1, 0.15) is 29.4 Å². The summed E-state index contributed by atoms with van der Waals surface area (Å²) in [6, 6.07) is 17.1. The highest BCUT2D eigenvalue weighted by Crippen LogP contribution is 2.44. The van der Waals surface area contributed by atoms with E-state index in [2.05, 4.69) is 52.3 Å². The molecule has 0 saturated heterocycles. The predicted molar refractivity (Wildman–Crippen MR) is 92.5 cm³/mol. The summed E-state index contributed by atoms with van der Waals surface area (Å²) in [6.45, 7) is 0. The number of alkyl halides is 1. The number of hydrogen-bond donors (Lipinski definition) is 0. The quantitative estimate of drug-likeness (QED) is 0.588. The fraction of sp³-hybridized carbons (Fsp3) is 0.294. The van der Waals surface area contributed by atoms with Gasteiger partial charge in [-0.3, -0.25) is 0 Å². The van der Waals surface area contributed by atoms with Gasteiger partial charge in [0.05, 0.1) is 0 Å². The van der Waals surface area contributed by atoms with Crippen molar-refractivity contribution in [2.75, 3.05) is 11.1 Å². The first-order valence-electron chi connectivity index (χ1n) is 6.81. The minimum atomic E-state index is 0.519. The number of thioether (sulfide) groups is 1. The number of halogens is 2. The van der Waals surface area contributed by atoms with E-state index in [1.54, 1.807) is 0 Å². The zero-order valence-corrected chi connectivity index (χ0v) is 14.2. The van der Waals surface area contributed by atoms with Gasteiger partial charge in [0, 0.05) is 21.0 Å². The molecule has 2 unspecified atom stereocenters. The van der Waals surface area contributed by atoms with Crippen LogP contribution in [-0.2, 0) is 0 Å². The highest BCUT2D eigenvalue weighted by atomic mass is 79.9. The fourth-order valence-corrected chi connectivity index (χ4v) is 4.93. The van der Waals surface area contributed by atoms with Crippen LogP contribution in [0.25, 0.3) is 0 Å². The lowest BCUT2D eigenvalue weighted by Crippen LogP contribution is -2.07. The van der Waals surface area contributed by atoms with E-state index in [4.69, 9.17) is 11.6 Å². The van der Waals surface area contributed by atoms with E-state index in [0.717, 1.165) is 10.4 Å². The predicted octanol–water partition coefficient (Wildman–Crippen LogP) is 6.10. The molecule has 104 valence electrons. The molecule has 0 bridgehead atoms. The second-order valence-corrected chi connectivity index (χ2v) is 7.33. The molecule has 1 aliphatic rings. The van der Waals surface area contributed by atoms with Gasteiger partial charge in [-0.2, -0.15) is 0 Å². The van der Waals surface area contributed by atoms with Crippen molar-refractivity contribution < 1.29 is 0 Å². The number of benzene rings is 2. The maximum atomic E-state index is 6.12. The van der Waals surface area contributed by atoms with Crippen LogP contribution in [0.2, 0.25) is 5.02 Å². The Labute approximate surface area is 138 Å². The Morgan fingerprint density at radius 2 is 2.05 bits per heavy atom. The Balaban J connectivity index is 1.80. The maximum absolute atomic E-state index is 6.12. The smallest absolute Gasteiger partial charge is 0.0408 e. The average Bonchev–Trinajstić information content (AvgIpc) is 2.88. The van der Waals surface area contributed by atoms with Crippen LogP contribution in [0.5, 0.6) is 0 Å². The van der Waals surface area contributed by atoms with Gasteiger partial charge in [0.2, 0.25) is 0 Å². The Kier molecular flexibility index (Phi) is 4.75. The van der Waals surface area contributed by atoms with Gasteiger partial charge >= 0.3 is 0 Å². The summed E-state index contributed by atoms with van der Waals surface area (Å²) in [5.74, 6) is 2.37. The molecule has 0 N–H and O–H groups in total. The third-order valence-electron chi connectivity index (χ3n) is 3.87. The van der Waals surface area contributed by atoms with Crippen molar-refractivity contribution in [2.24, 2.45) is 0 Å². The first-order valence-corrected chi connectivity index (χ1v) is 9.29. The van der Waals surface area contributed by atoms with Crippen LogP contribution >= 0.6 is 39.3 Å². The molecule has 0 aromatic heterocycles. The van der Waals surface area contributed by atoms with Crippen LogP contribution in [0.3, 0.4) is 0 Å². The third-order valence-corrected chi connectivity index (χ3v) is 6.14. The van der Waals surface area contributed by atoms with Gasteiger partial charge in [0.15, 0.2) is 0 Å². The van der Waals surface area contributed by atoms with Gasteiger partial charge in [-0.05, 0) is 47.6 Å². The Bertz CT molecular complexity index is 599. The SMILES string of the molecule is Clc1cccc(C(CBr)CC2CSc3ccccc32)c1. The molecular weight excluding hydrogens is 352 g/mol. The molecule has 0 radical (unpaired) electrons. The van der Waals surface area contributed by atoms with Gasteiger partial charge in [-0.15, -0.1) is 11.8 Å². The molecule has 0 fully saturated rings. The van der Waals surface area contributed by atoms with Crippen LogP contribution in [0.4, 0.5) is 0 Å². The van der Waals surface area contributed by atoms with Gasteiger partial charge in [0.25, 0.3) is 0 Å². The number of hydrogen-bond acceptors (Lipinski definition) is 1. The highest BCUT2D eigenvalue weighted by Gasteiger charge is 2.26. The molecule has 20 heavy (non-hydrogen) atoms. The molecule has 0 spiro atoms. The second kappa shape index (κ2) is 6.55. The summed E-state index contributed by atoms with van der Waals surface area (Å²) >= 11 is 11.8. The number of rotatable bonds is 4. The highest BCUT2D eigenvalue weighted by molar-refractivity contribution is 9.09. The van der Waals surface area contributed by atoms with E-state index in [1.165, 1.54) is 28.2 Å². The minimum absolute atomic E-state index is 0.519. The molecule has 3 heteroatoms. The monoisotopic (exact) mass is 366 g/mol. The van der Waals surface area contributed by atoms with Crippen molar-refractivity contribution >= 4 is 39.3 Å². The Morgan fingerprint density at radius 3 is 2.85 bits per heavy atom. The minimum Gasteiger partial charge on any atom is -0.125 e. The molecular formula is C17H16BrClS. The molecule has 0 aliphatic carbocycles. The zero-order valence-electron chi connectivity index (χ0n) is 11.1. The Morgan fingerprint density at radius 1 is 1.20 bits per heavy atom. The van der Waals surface area contributed by atoms with Gasteiger partial charge in [-0.1, -0.05) is 57.9 Å². The average molecular weight is 368 g/mol. The van der Waals surface area contributed by atoms with Gasteiger partial charge < -0.3 is 0 Å². The summed E-state index contributed by atoms with van der Waals surface area (Å²) < 4.78 is 0. The van der Waals surface area contributed by atoms with Crippen molar-refractivity contribution in [3.63, 3.8) is 0 Å². The lowest BCUT2D eigenvalue weighted by Gasteiger charge is -2.19.